The molecule has 0 aromatic carbocycles. The second-order valence-electron chi connectivity index (χ2n) is 6.40. The molecule has 0 aliphatic carbocycles. The summed E-state index contributed by atoms with van der Waals surface area (Å²) in [5.41, 5.74) is -0.786. The molecule has 116 valence electrons. The number of likely N-dealkylation sites (tertiary alicyclic amines) is 1. The van der Waals surface area contributed by atoms with Gasteiger partial charge in [-0.1, -0.05) is 6.42 Å². The molecule has 0 unspecified atom stereocenters. The van der Waals surface area contributed by atoms with Crippen LogP contribution in [0.25, 0.3) is 0 Å². The molecule has 2 N–H and O–H groups in total. The molecule has 2 rings (SSSR count). The summed E-state index contributed by atoms with van der Waals surface area (Å²) in [5.74, 6) is 0.0679. The fourth-order valence-corrected chi connectivity index (χ4v) is 3.15. The largest absolute Gasteiger partial charge is 0.388 e. The van der Waals surface area contributed by atoms with Gasteiger partial charge in [0.1, 0.15) is 0 Å². The Hall–Kier alpha value is -0.650. The van der Waals surface area contributed by atoms with Crippen LogP contribution in [0.1, 0.15) is 46.0 Å². The fraction of sp³-hybridized carbons (Fsp3) is 0.933. The van der Waals surface area contributed by atoms with Gasteiger partial charge in [0.05, 0.1) is 11.6 Å². The van der Waals surface area contributed by atoms with Crippen LogP contribution in [0.3, 0.4) is 0 Å². The second-order valence-corrected chi connectivity index (χ2v) is 6.40. The minimum absolute atomic E-state index is 0.0350. The Morgan fingerprint density at radius 2 is 2.10 bits per heavy atom. The summed E-state index contributed by atoms with van der Waals surface area (Å²) < 4.78 is 5.26. The van der Waals surface area contributed by atoms with E-state index in [2.05, 4.69) is 24.1 Å². The first kappa shape index (κ1) is 15.7. The van der Waals surface area contributed by atoms with Gasteiger partial charge in [0, 0.05) is 38.6 Å². The standard InChI is InChI=1S/C15H28N2O3/c1-12(2)17-8-4-3-5-13(17)14(18)16-11-15(19)6-9-20-10-7-15/h12-13,19H,3-11H2,1-2H3,(H,16,18)/t13-/m1/s1. The number of amides is 1. The van der Waals surface area contributed by atoms with Crippen LogP contribution in [0.2, 0.25) is 0 Å². The van der Waals surface area contributed by atoms with Crippen molar-refractivity contribution in [1.29, 1.82) is 0 Å². The van der Waals surface area contributed by atoms with E-state index < -0.39 is 5.60 Å². The van der Waals surface area contributed by atoms with Crippen molar-refractivity contribution in [1.82, 2.24) is 10.2 Å². The summed E-state index contributed by atoms with van der Waals surface area (Å²) in [6, 6.07) is 0.351. The fourth-order valence-electron chi connectivity index (χ4n) is 3.15. The van der Waals surface area contributed by atoms with E-state index in [-0.39, 0.29) is 11.9 Å². The van der Waals surface area contributed by atoms with Gasteiger partial charge >= 0.3 is 0 Å². The molecule has 2 fully saturated rings. The maximum absolute atomic E-state index is 12.4. The Morgan fingerprint density at radius 3 is 2.75 bits per heavy atom. The van der Waals surface area contributed by atoms with Crippen LogP contribution in [0.5, 0.6) is 0 Å². The van der Waals surface area contributed by atoms with Gasteiger partial charge in [-0.15, -0.1) is 0 Å². The molecule has 1 atom stereocenters. The van der Waals surface area contributed by atoms with Crippen molar-refractivity contribution in [3.05, 3.63) is 0 Å². The molecule has 2 saturated heterocycles. The Labute approximate surface area is 121 Å². The molecule has 1 amide bonds. The lowest BCUT2D eigenvalue weighted by Crippen LogP contribution is -2.55. The number of nitrogens with zero attached hydrogens (tertiary/aromatic N) is 1. The Kier molecular flexibility index (Phi) is 5.41. The molecule has 20 heavy (non-hydrogen) atoms. The third-order valence-electron chi connectivity index (χ3n) is 4.53. The monoisotopic (exact) mass is 284 g/mol. The van der Waals surface area contributed by atoms with E-state index in [1.54, 1.807) is 0 Å². The molecule has 5 nitrogen and oxygen atoms in total. The summed E-state index contributed by atoms with van der Waals surface area (Å²) in [7, 11) is 0. The maximum Gasteiger partial charge on any atom is 0.237 e. The van der Waals surface area contributed by atoms with Crippen LogP contribution >= 0.6 is 0 Å². The van der Waals surface area contributed by atoms with E-state index in [1.165, 1.54) is 6.42 Å². The molecule has 0 aromatic rings. The number of hydrogen-bond acceptors (Lipinski definition) is 4. The van der Waals surface area contributed by atoms with Crippen LogP contribution in [0.4, 0.5) is 0 Å². The molecule has 0 spiro atoms. The van der Waals surface area contributed by atoms with Crippen LogP contribution in [-0.2, 0) is 9.53 Å². The van der Waals surface area contributed by atoms with E-state index in [1.807, 2.05) is 0 Å². The first-order valence-electron chi connectivity index (χ1n) is 7.85. The number of carbonyl (C=O) groups excluding carboxylic acids is 1. The molecule has 5 heteroatoms. The molecule has 2 aliphatic heterocycles. The number of aliphatic hydroxyl groups is 1. The number of piperidine rings is 1. The van der Waals surface area contributed by atoms with Gasteiger partial charge in [-0.3, -0.25) is 9.69 Å². The van der Waals surface area contributed by atoms with Gasteiger partial charge in [0.15, 0.2) is 0 Å². The molecule has 0 radical (unpaired) electrons. The maximum atomic E-state index is 12.4. The summed E-state index contributed by atoms with van der Waals surface area (Å²) in [5, 5.41) is 13.3. The normalized spacial score (nSPS) is 27.5. The van der Waals surface area contributed by atoms with Gasteiger partial charge in [-0.2, -0.15) is 0 Å². The molecular formula is C15H28N2O3. The molecule has 0 aromatic heterocycles. The first-order valence-corrected chi connectivity index (χ1v) is 7.85. The summed E-state index contributed by atoms with van der Waals surface area (Å²) in [6.07, 6.45) is 4.41. The van der Waals surface area contributed by atoms with Gasteiger partial charge in [0.2, 0.25) is 5.91 Å². The SMILES string of the molecule is CC(C)N1CCCC[C@@H]1C(=O)NCC1(O)CCOCC1. The number of ether oxygens (including phenoxy) is 1. The van der Waals surface area contributed by atoms with Crippen molar-refractivity contribution in [3.63, 3.8) is 0 Å². The highest BCUT2D eigenvalue weighted by atomic mass is 16.5. The predicted octanol–water partition coefficient (Wildman–Crippen LogP) is 0.907. The molecule has 0 saturated carbocycles. The van der Waals surface area contributed by atoms with Crippen molar-refractivity contribution in [3.8, 4) is 0 Å². The number of carbonyl (C=O) groups is 1. The van der Waals surface area contributed by atoms with Gasteiger partial charge < -0.3 is 15.2 Å². The highest BCUT2D eigenvalue weighted by Gasteiger charge is 2.34. The van der Waals surface area contributed by atoms with E-state index in [0.29, 0.717) is 38.6 Å². The van der Waals surface area contributed by atoms with E-state index in [9.17, 15) is 9.90 Å². The van der Waals surface area contributed by atoms with Crippen LogP contribution in [-0.4, -0.2) is 59.9 Å². The zero-order valence-corrected chi connectivity index (χ0v) is 12.7. The van der Waals surface area contributed by atoms with Gasteiger partial charge in [-0.05, 0) is 33.2 Å². The Bertz CT molecular complexity index is 327. The summed E-state index contributed by atoms with van der Waals surface area (Å²) in [4.78, 5) is 14.7. The molecular weight excluding hydrogens is 256 g/mol. The Morgan fingerprint density at radius 1 is 1.40 bits per heavy atom. The van der Waals surface area contributed by atoms with Crippen molar-refractivity contribution >= 4 is 5.91 Å². The molecule has 2 heterocycles. The number of rotatable bonds is 4. The highest BCUT2D eigenvalue weighted by Crippen LogP contribution is 2.22. The summed E-state index contributed by atoms with van der Waals surface area (Å²) in [6.45, 7) is 6.77. The van der Waals surface area contributed by atoms with Crippen molar-refractivity contribution in [2.75, 3.05) is 26.3 Å². The third-order valence-corrected chi connectivity index (χ3v) is 4.53. The lowest BCUT2D eigenvalue weighted by atomic mass is 9.94. The molecule has 0 bridgehead atoms. The van der Waals surface area contributed by atoms with Crippen LogP contribution in [0, 0.1) is 0 Å². The average molecular weight is 284 g/mol. The zero-order valence-electron chi connectivity index (χ0n) is 12.7. The number of nitrogens with one attached hydrogen (secondary N) is 1. The van der Waals surface area contributed by atoms with Gasteiger partial charge in [0.25, 0.3) is 0 Å². The number of hydrogen-bond donors (Lipinski definition) is 2. The van der Waals surface area contributed by atoms with Crippen molar-refractivity contribution in [2.24, 2.45) is 0 Å². The minimum atomic E-state index is -0.786. The first-order chi connectivity index (χ1) is 9.52. The van der Waals surface area contributed by atoms with E-state index in [0.717, 1.165) is 19.4 Å². The van der Waals surface area contributed by atoms with Crippen molar-refractivity contribution < 1.29 is 14.6 Å². The Balaban J connectivity index is 1.86. The van der Waals surface area contributed by atoms with Gasteiger partial charge in [-0.25, -0.2) is 0 Å². The molecule has 2 aliphatic rings. The zero-order chi connectivity index (χ0) is 14.6. The van der Waals surface area contributed by atoms with Crippen LogP contribution < -0.4 is 5.32 Å². The summed E-state index contributed by atoms with van der Waals surface area (Å²) >= 11 is 0. The minimum Gasteiger partial charge on any atom is -0.388 e. The second kappa shape index (κ2) is 6.87. The smallest absolute Gasteiger partial charge is 0.237 e. The van der Waals surface area contributed by atoms with E-state index in [4.69, 9.17) is 4.74 Å². The lowest BCUT2D eigenvalue weighted by molar-refractivity contribution is -0.131. The van der Waals surface area contributed by atoms with Crippen LogP contribution in [0.15, 0.2) is 0 Å². The quantitative estimate of drug-likeness (QED) is 0.805. The van der Waals surface area contributed by atoms with Crippen molar-refractivity contribution in [2.45, 2.75) is 63.6 Å². The lowest BCUT2D eigenvalue weighted by Gasteiger charge is -2.38. The third kappa shape index (κ3) is 3.93. The highest BCUT2D eigenvalue weighted by molar-refractivity contribution is 5.81. The topological polar surface area (TPSA) is 61.8 Å². The van der Waals surface area contributed by atoms with E-state index >= 15 is 0 Å². The average Bonchev–Trinajstić information content (AvgIpc) is 2.45. The predicted molar refractivity (Wildman–Crippen MR) is 77.5 cm³/mol.